The minimum absolute atomic E-state index is 0. The largest absolute Gasteiger partial charge is 0.497 e. The summed E-state index contributed by atoms with van der Waals surface area (Å²) in [6, 6.07) is 14.3. The molecule has 0 saturated heterocycles. The summed E-state index contributed by atoms with van der Waals surface area (Å²) in [6.07, 6.45) is 1.39. The van der Waals surface area contributed by atoms with E-state index < -0.39 is 6.04 Å². The molecule has 2 aromatic carbocycles. The number of halogens is 1. The van der Waals surface area contributed by atoms with Gasteiger partial charge in [-0.1, -0.05) is 50.6 Å². The van der Waals surface area contributed by atoms with Crippen LogP contribution in [0.2, 0.25) is 0 Å². The van der Waals surface area contributed by atoms with Crippen molar-refractivity contribution >= 4 is 29.9 Å². The molecule has 0 fully saturated rings. The van der Waals surface area contributed by atoms with Crippen molar-refractivity contribution in [3.63, 3.8) is 0 Å². The molecule has 1 aliphatic heterocycles. The zero-order chi connectivity index (χ0) is 20.8. The SMILES string of the molecule is CCC(C)[C@H](NC(=O)[C@@H]1Cc2ccccc2CN1)C(=O)Nc1cccc(OC)c1.Cl. The molecular weight excluding hydrogens is 402 g/mol. The van der Waals surface area contributed by atoms with Crippen molar-refractivity contribution in [1.82, 2.24) is 10.6 Å². The number of nitrogens with one attached hydrogen (secondary N) is 3. The van der Waals surface area contributed by atoms with E-state index >= 15 is 0 Å². The van der Waals surface area contributed by atoms with Gasteiger partial charge in [-0.3, -0.25) is 9.59 Å². The van der Waals surface area contributed by atoms with Crippen molar-refractivity contribution in [2.45, 2.75) is 45.3 Å². The Morgan fingerprint density at radius 1 is 1.17 bits per heavy atom. The average Bonchev–Trinajstić information content (AvgIpc) is 2.76. The molecule has 6 nitrogen and oxygen atoms in total. The summed E-state index contributed by atoms with van der Waals surface area (Å²) in [6.45, 7) is 4.63. The van der Waals surface area contributed by atoms with Crippen LogP contribution in [0.25, 0.3) is 0 Å². The Morgan fingerprint density at radius 3 is 2.60 bits per heavy atom. The molecule has 0 saturated carbocycles. The molecule has 2 amide bonds. The predicted molar refractivity (Wildman–Crippen MR) is 121 cm³/mol. The first-order valence-corrected chi connectivity index (χ1v) is 10.1. The van der Waals surface area contributed by atoms with Crippen molar-refractivity contribution in [1.29, 1.82) is 0 Å². The molecule has 1 unspecified atom stereocenters. The molecule has 0 radical (unpaired) electrons. The Kier molecular flexibility index (Phi) is 8.69. The number of rotatable bonds is 7. The zero-order valence-corrected chi connectivity index (χ0v) is 18.4. The van der Waals surface area contributed by atoms with E-state index in [0.29, 0.717) is 24.4 Å². The molecular formula is C23H30ClN3O3. The van der Waals surface area contributed by atoms with Gasteiger partial charge < -0.3 is 20.7 Å². The number of ether oxygens (including phenoxy) is 1. The van der Waals surface area contributed by atoms with Crippen LogP contribution in [-0.4, -0.2) is 31.0 Å². The summed E-state index contributed by atoms with van der Waals surface area (Å²) >= 11 is 0. The lowest BCUT2D eigenvalue weighted by Crippen LogP contribution is -2.55. The summed E-state index contributed by atoms with van der Waals surface area (Å²) < 4.78 is 5.21. The topological polar surface area (TPSA) is 79.5 Å². The van der Waals surface area contributed by atoms with Crippen molar-refractivity contribution in [3.8, 4) is 5.75 Å². The number of anilines is 1. The lowest BCUT2D eigenvalue weighted by atomic mass is 9.94. The van der Waals surface area contributed by atoms with Crippen molar-refractivity contribution < 1.29 is 14.3 Å². The van der Waals surface area contributed by atoms with Crippen molar-refractivity contribution in [3.05, 3.63) is 59.7 Å². The fourth-order valence-electron chi connectivity index (χ4n) is 3.52. The molecule has 162 valence electrons. The Morgan fingerprint density at radius 2 is 1.90 bits per heavy atom. The van der Waals surface area contributed by atoms with Gasteiger partial charge in [0.15, 0.2) is 0 Å². The monoisotopic (exact) mass is 431 g/mol. The summed E-state index contributed by atoms with van der Waals surface area (Å²) in [5.41, 5.74) is 3.03. The van der Waals surface area contributed by atoms with Crippen LogP contribution in [0.15, 0.2) is 48.5 Å². The van der Waals surface area contributed by atoms with E-state index in [4.69, 9.17) is 4.74 Å². The highest BCUT2D eigenvalue weighted by Gasteiger charge is 2.30. The molecule has 0 spiro atoms. The summed E-state index contributed by atoms with van der Waals surface area (Å²) in [4.78, 5) is 25.9. The Bertz CT molecular complexity index is 874. The highest BCUT2D eigenvalue weighted by atomic mass is 35.5. The fourth-order valence-corrected chi connectivity index (χ4v) is 3.52. The minimum Gasteiger partial charge on any atom is -0.497 e. The number of carbonyl (C=O) groups is 2. The maximum Gasteiger partial charge on any atom is 0.247 e. The van der Waals surface area contributed by atoms with Crippen LogP contribution in [0.3, 0.4) is 0 Å². The summed E-state index contributed by atoms with van der Waals surface area (Å²) in [5, 5.41) is 9.15. The quantitative estimate of drug-likeness (QED) is 0.628. The lowest BCUT2D eigenvalue weighted by Gasteiger charge is -2.29. The van der Waals surface area contributed by atoms with E-state index in [1.165, 1.54) is 11.1 Å². The van der Waals surface area contributed by atoms with Crippen LogP contribution in [-0.2, 0) is 22.6 Å². The number of benzene rings is 2. The van der Waals surface area contributed by atoms with Gasteiger partial charge in [-0.05, 0) is 35.6 Å². The maximum absolute atomic E-state index is 12.9. The molecule has 1 heterocycles. The molecule has 2 aromatic rings. The second-order valence-corrected chi connectivity index (χ2v) is 7.50. The lowest BCUT2D eigenvalue weighted by molar-refractivity contribution is -0.129. The van der Waals surface area contributed by atoms with Gasteiger partial charge in [-0.25, -0.2) is 0 Å². The van der Waals surface area contributed by atoms with Crippen LogP contribution in [0.5, 0.6) is 5.75 Å². The number of hydrogen-bond donors (Lipinski definition) is 3. The minimum atomic E-state index is -0.613. The highest BCUT2D eigenvalue weighted by Crippen LogP contribution is 2.19. The third-order valence-electron chi connectivity index (χ3n) is 5.53. The Balaban J connectivity index is 0.00000320. The van der Waals surface area contributed by atoms with Crippen LogP contribution in [0, 0.1) is 5.92 Å². The standard InChI is InChI=1S/C23H29N3O3.ClH/c1-4-15(2)21(23(28)25-18-10-7-11-19(13-18)29-3)26-22(27)20-12-16-8-5-6-9-17(16)14-24-20;/h5-11,13,15,20-21,24H,4,12,14H2,1-3H3,(H,25,28)(H,26,27);1H/t15?,20-,21-;/m0./s1. The fraction of sp³-hybridized carbons (Fsp3) is 0.391. The van der Waals surface area contributed by atoms with Gasteiger partial charge in [-0.2, -0.15) is 0 Å². The molecule has 30 heavy (non-hydrogen) atoms. The smallest absolute Gasteiger partial charge is 0.247 e. The average molecular weight is 432 g/mol. The third-order valence-corrected chi connectivity index (χ3v) is 5.53. The number of methoxy groups -OCH3 is 1. The van der Waals surface area contributed by atoms with E-state index in [1.807, 2.05) is 38.1 Å². The van der Waals surface area contributed by atoms with Gasteiger partial charge in [0.05, 0.1) is 13.2 Å². The molecule has 7 heteroatoms. The number of amides is 2. The van der Waals surface area contributed by atoms with Gasteiger partial charge in [0, 0.05) is 18.3 Å². The normalized spacial score (nSPS) is 17.0. The van der Waals surface area contributed by atoms with Crippen LogP contribution in [0.4, 0.5) is 5.69 Å². The number of hydrogen-bond acceptors (Lipinski definition) is 4. The van der Waals surface area contributed by atoms with E-state index in [1.54, 1.807) is 19.2 Å². The molecule has 3 atom stereocenters. The second kappa shape index (κ2) is 11.0. The number of carbonyl (C=O) groups excluding carboxylic acids is 2. The second-order valence-electron chi connectivity index (χ2n) is 7.50. The third kappa shape index (κ3) is 5.74. The molecule has 0 bridgehead atoms. The van der Waals surface area contributed by atoms with Gasteiger partial charge in [0.2, 0.25) is 11.8 Å². The van der Waals surface area contributed by atoms with E-state index in [2.05, 4.69) is 28.1 Å². The molecule has 0 aliphatic carbocycles. The van der Waals surface area contributed by atoms with Crippen molar-refractivity contribution in [2.75, 3.05) is 12.4 Å². The van der Waals surface area contributed by atoms with Crippen LogP contribution >= 0.6 is 12.4 Å². The molecule has 1 aliphatic rings. The van der Waals surface area contributed by atoms with Gasteiger partial charge in [-0.15, -0.1) is 12.4 Å². The maximum atomic E-state index is 12.9. The first-order chi connectivity index (χ1) is 14.0. The first kappa shape index (κ1) is 23.7. The van der Waals surface area contributed by atoms with E-state index in [-0.39, 0.29) is 36.2 Å². The molecule has 0 aromatic heterocycles. The first-order valence-electron chi connectivity index (χ1n) is 10.1. The van der Waals surface area contributed by atoms with Crippen LogP contribution < -0.4 is 20.7 Å². The van der Waals surface area contributed by atoms with E-state index in [0.717, 1.165) is 6.42 Å². The zero-order valence-electron chi connectivity index (χ0n) is 17.6. The summed E-state index contributed by atoms with van der Waals surface area (Å²) in [7, 11) is 1.58. The van der Waals surface area contributed by atoms with Crippen LogP contribution in [0.1, 0.15) is 31.4 Å². The molecule has 3 rings (SSSR count). The van der Waals surface area contributed by atoms with Crippen molar-refractivity contribution in [2.24, 2.45) is 5.92 Å². The molecule has 3 N–H and O–H groups in total. The highest BCUT2D eigenvalue weighted by molar-refractivity contribution is 5.98. The Hall–Kier alpha value is -2.57. The van der Waals surface area contributed by atoms with Gasteiger partial charge >= 0.3 is 0 Å². The van der Waals surface area contributed by atoms with E-state index in [9.17, 15) is 9.59 Å². The number of fused-ring (bicyclic) bond motifs is 1. The predicted octanol–water partition coefficient (Wildman–Crippen LogP) is 3.30. The van der Waals surface area contributed by atoms with Gasteiger partial charge in [0.25, 0.3) is 0 Å². The summed E-state index contributed by atoms with van der Waals surface area (Å²) in [5.74, 6) is 0.292. The Labute approximate surface area is 184 Å². The van der Waals surface area contributed by atoms with Gasteiger partial charge in [0.1, 0.15) is 11.8 Å².